The molecule has 3 rings (SSSR count). The maximum absolute atomic E-state index is 12.3. The number of carbonyl (C=O) groups is 2. The zero-order valence-corrected chi connectivity index (χ0v) is 14.1. The van der Waals surface area contributed by atoms with Gasteiger partial charge < -0.3 is 25.5 Å². The highest BCUT2D eigenvalue weighted by atomic mass is 16.5. The van der Waals surface area contributed by atoms with Crippen LogP contribution < -0.4 is 16.5 Å². The molecule has 0 aliphatic carbocycles. The highest BCUT2D eigenvalue weighted by Crippen LogP contribution is 2.16. The van der Waals surface area contributed by atoms with Gasteiger partial charge in [0.05, 0.1) is 12.3 Å². The summed E-state index contributed by atoms with van der Waals surface area (Å²) in [6.45, 7) is 1.67. The number of nitrogens with zero attached hydrogens (tertiary/aromatic N) is 2. The Bertz CT molecular complexity index is 861. The molecule has 0 radical (unpaired) electrons. The maximum atomic E-state index is 12.3. The Morgan fingerprint density at radius 3 is 3.00 bits per heavy atom. The molecule has 0 spiro atoms. The van der Waals surface area contributed by atoms with Crippen molar-refractivity contribution in [2.24, 2.45) is 0 Å². The average Bonchev–Trinajstić information content (AvgIpc) is 3.00. The zero-order chi connectivity index (χ0) is 18.7. The van der Waals surface area contributed by atoms with Crippen LogP contribution in [0.15, 0.2) is 24.4 Å². The van der Waals surface area contributed by atoms with E-state index in [4.69, 9.17) is 15.1 Å². The van der Waals surface area contributed by atoms with Gasteiger partial charge in [0.15, 0.2) is 0 Å². The molecule has 0 fully saturated rings. The number of rotatable bonds is 5. The van der Waals surface area contributed by atoms with Crippen molar-refractivity contribution in [3.8, 4) is 0 Å². The van der Waals surface area contributed by atoms with Gasteiger partial charge in [-0.25, -0.2) is 9.97 Å². The third-order valence-corrected chi connectivity index (χ3v) is 4.00. The van der Waals surface area contributed by atoms with Crippen LogP contribution in [0.4, 0.5) is 5.95 Å². The second-order valence-electron chi connectivity index (χ2n) is 5.72. The highest BCUT2D eigenvalue weighted by Gasteiger charge is 2.31. The molecule has 134 valence electrons. The van der Waals surface area contributed by atoms with Crippen molar-refractivity contribution in [3.05, 3.63) is 46.8 Å². The van der Waals surface area contributed by atoms with Gasteiger partial charge in [0.2, 0.25) is 5.95 Å². The smallest absolute Gasteiger partial charge is 0.458 e. The Labute approximate surface area is 149 Å². The Hall–Kier alpha value is -2.98. The lowest BCUT2D eigenvalue weighted by atomic mass is 9.75. The molecule has 0 saturated carbocycles. The van der Waals surface area contributed by atoms with Crippen LogP contribution in [0.2, 0.25) is 0 Å². The van der Waals surface area contributed by atoms with E-state index in [-0.39, 0.29) is 19.1 Å². The lowest BCUT2D eigenvalue weighted by molar-refractivity contribution is -0.143. The van der Waals surface area contributed by atoms with Gasteiger partial charge in [-0.15, -0.1) is 0 Å². The zero-order valence-electron chi connectivity index (χ0n) is 14.1. The molecule has 1 aromatic carbocycles. The quantitative estimate of drug-likeness (QED) is 0.461. The van der Waals surface area contributed by atoms with E-state index in [1.165, 1.54) is 6.20 Å². The second kappa shape index (κ2) is 7.50. The minimum absolute atomic E-state index is 0.0666. The number of anilines is 1. The van der Waals surface area contributed by atoms with Crippen LogP contribution in [-0.4, -0.2) is 40.5 Å². The van der Waals surface area contributed by atoms with E-state index in [9.17, 15) is 14.6 Å². The predicted molar refractivity (Wildman–Crippen MR) is 92.1 cm³/mol. The van der Waals surface area contributed by atoms with Crippen LogP contribution in [0.25, 0.3) is 0 Å². The van der Waals surface area contributed by atoms with Crippen molar-refractivity contribution in [1.29, 1.82) is 0 Å². The van der Waals surface area contributed by atoms with E-state index in [1.54, 1.807) is 25.1 Å². The van der Waals surface area contributed by atoms with Gasteiger partial charge in [0.25, 0.3) is 5.91 Å². The number of nitrogens with two attached hydrogens (primary N) is 1. The fourth-order valence-corrected chi connectivity index (χ4v) is 2.70. The fourth-order valence-electron chi connectivity index (χ4n) is 2.70. The van der Waals surface area contributed by atoms with Crippen molar-refractivity contribution in [2.75, 3.05) is 12.3 Å². The van der Waals surface area contributed by atoms with E-state index >= 15 is 0 Å². The minimum Gasteiger partial charge on any atom is -0.458 e. The Kier molecular flexibility index (Phi) is 5.15. The molecular formula is C16H17BN4O5. The number of nitrogen functional groups attached to an aromatic ring is 1. The number of ether oxygens (including phenoxy) is 1. The normalized spacial score (nSPS) is 12.6. The molecule has 0 bridgehead atoms. The molecular weight excluding hydrogens is 339 g/mol. The molecule has 1 amide bonds. The Morgan fingerprint density at radius 2 is 2.23 bits per heavy atom. The number of aromatic nitrogens is 2. The average molecular weight is 356 g/mol. The maximum Gasteiger partial charge on any atom is 0.492 e. The van der Waals surface area contributed by atoms with Crippen molar-refractivity contribution in [2.45, 2.75) is 20.1 Å². The summed E-state index contributed by atoms with van der Waals surface area (Å²) in [5.74, 6) is -0.963. The van der Waals surface area contributed by atoms with Crippen molar-refractivity contribution < 1.29 is 24.0 Å². The van der Waals surface area contributed by atoms with E-state index < -0.39 is 19.0 Å². The summed E-state index contributed by atoms with van der Waals surface area (Å²) in [6.07, 6.45) is 1.46. The Morgan fingerprint density at radius 1 is 1.42 bits per heavy atom. The van der Waals surface area contributed by atoms with Crippen molar-refractivity contribution >= 4 is 30.4 Å². The van der Waals surface area contributed by atoms with Gasteiger partial charge >= 0.3 is 13.1 Å². The van der Waals surface area contributed by atoms with E-state index in [1.807, 2.05) is 0 Å². The first-order valence-electron chi connectivity index (χ1n) is 7.89. The van der Waals surface area contributed by atoms with E-state index in [2.05, 4.69) is 15.3 Å². The van der Waals surface area contributed by atoms with Gasteiger partial charge in [-0.1, -0.05) is 6.07 Å². The van der Waals surface area contributed by atoms with Crippen molar-refractivity contribution in [1.82, 2.24) is 15.3 Å². The van der Waals surface area contributed by atoms with Crippen LogP contribution in [-0.2, 0) is 27.4 Å². The topological polar surface area (TPSA) is 137 Å². The van der Waals surface area contributed by atoms with Crippen LogP contribution in [0.5, 0.6) is 0 Å². The lowest BCUT2D eigenvalue weighted by Crippen LogP contribution is -2.35. The summed E-state index contributed by atoms with van der Waals surface area (Å²) in [4.78, 5) is 31.8. The number of hydrogen-bond acceptors (Lipinski definition) is 8. The standard InChI is InChI=1S/C16H17BN4O5/c1-9-12(3-2-10-7-26-17(24)14(9)10)15(23)20-6-13(22)25-8-11-4-5-19-16(18)21-11/h2-5,24H,6-8H2,1H3,(H,20,23)(H2,18,19,21). The van der Waals surface area contributed by atoms with E-state index in [0.29, 0.717) is 28.9 Å². The number of carbonyl (C=O) groups excluding carboxylic acids is 2. The predicted octanol–water partition coefficient (Wildman–Crippen LogP) is -0.942. The number of nitrogens with one attached hydrogen (secondary N) is 1. The summed E-state index contributed by atoms with van der Waals surface area (Å²) >= 11 is 0. The molecule has 0 saturated heterocycles. The number of benzene rings is 1. The molecule has 2 aromatic rings. The third kappa shape index (κ3) is 3.81. The van der Waals surface area contributed by atoms with Gasteiger partial charge in [0.1, 0.15) is 13.2 Å². The molecule has 2 heterocycles. The minimum atomic E-state index is -1.04. The van der Waals surface area contributed by atoms with Gasteiger partial charge in [-0.3, -0.25) is 9.59 Å². The first kappa shape index (κ1) is 17.8. The third-order valence-electron chi connectivity index (χ3n) is 4.00. The van der Waals surface area contributed by atoms with Gasteiger partial charge in [0, 0.05) is 11.8 Å². The van der Waals surface area contributed by atoms with Crippen molar-refractivity contribution in [3.63, 3.8) is 0 Å². The molecule has 9 nitrogen and oxygen atoms in total. The molecule has 10 heteroatoms. The molecule has 1 aliphatic heterocycles. The summed E-state index contributed by atoms with van der Waals surface area (Å²) in [7, 11) is -1.04. The molecule has 1 aromatic heterocycles. The summed E-state index contributed by atoms with van der Waals surface area (Å²) < 4.78 is 10.2. The molecule has 1 aliphatic rings. The summed E-state index contributed by atoms with van der Waals surface area (Å²) in [5.41, 5.74) is 8.33. The first-order chi connectivity index (χ1) is 12.5. The summed E-state index contributed by atoms with van der Waals surface area (Å²) in [5, 5.41) is 12.3. The lowest BCUT2D eigenvalue weighted by Gasteiger charge is -2.11. The second-order valence-corrected chi connectivity index (χ2v) is 5.72. The number of amides is 1. The van der Waals surface area contributed by atoms with Crippen LogP contribution >= 0.6 is 0 Å². The molecule has 0 atom stereocenters. The highest BCUT2D eigenvalue weighted by molar-refractivity contribution is 6.62. The van der Waals surface area contributed by atoms with Crippen LogP contribution in [0.3, 0.4) is 0 Å². The largest absolute Gasteiger partial charge is 0.492 e. The number of hydrogen-bond donors (Lipinski definition) is 3. The first-order valence-corrected chi connectivity index (χ1v) is 7.89. The SMILES string of the molecule is Cc1c(C(=O)NCC(=O)OCc2ccnc(N)n2)ccc2c1B(O)OC2. The number of fused-ring (bicyclic) bond motifs is 1. The summed E-state index contributed by atoms with van der Waals surface area (Å²) in [6, 6.07) is 4.94. The van der Waals surface area contributed by atoms with Gasteiger partial charge in [-0.05, 0) is 35.6 Å². The Balaban J connectivity index is 1.56. The van der Waals surface area contributed by atoms with Gasteiger partial charge in [-0.2, -0.15) is 0 Å². The fraction of sp³-hybridized carbons (Fsp3) is 0.250. The molecule has 26 heavy (non-hydrogen) atoms. The van der Waals surface area contributed by atoms with Crippen LogP contribution in [0, 0.1) is 6.92 Å². The van der Waals surface area contributed by atoms with E-state index in [0.717, 1.165) is 5.56 Å². The molecule has 0 unspecified atom stereocenters. The monoisotopic (exact) mass is 356 g/mol. The van der Waals surface area contributed by atoms with Crippen LogP contribution in [0.1, 0.15) is 27.2 Å². The number of esters is 1. The molecule has 4 N–H and O–H groups in total.